The Morgan fingerprint density at radius 1 is 1.38 bits per heavy atom. The number of rotatable bonds is 7. The minimum atomic E-state index is -0.163. The van der Waals surface area contributed by atoms with Crippen molar-refractivity contribution in [1.29, 1.82) is 0 Å². The van der Waals surface area contributed by atoms with Gasteiger partial charge >= 0.3 is 0 Å². The lowest BCUT2D eigenvalue weighted by atomic mass is 10.0. The highest BCUT2D eigenvalue weighted by atomic mass is 16.2. The molecule has 0 fully saturated rings. The van der Waals surface area contributed by atoms with E-state index in [1.165, 1.54) is 4.90 Å². The summed E-state index contributed by atoms with van der Waals surface area (Å²) in [6.45, 7) is 4.88. The molecule has 0 aliphatic carbocycles. The molecule has 5 nitrogen and oxygen atoms in total. The molecule has 0 aromatic rings. The third kappa shape index (κ3) is 5.11. The van der Waals surface area contributed by atoms with Gasteiger partial charge in [0.2, 0.25) is 11.8 Å². The van der Waals surface area contributed by atoms with E-state index in [4.69, 9.17) is 5.73 Å². The van der Waals surface area contributed by atoms with Crippen molar-refractivity contribution in [3.63, 3.8) is 0 Å². The number of hydrogen-bond acceptors (Lipinski definition) is 3. The van der Waals surface area contributed by atoms with Gasteiger partial charge in [-0.15, -0.1) is 0 Å². The Morgan fingerprint density at radius 3 is 2.44 bits per heavy atom. The normalized spacial score (nSPS) is 12.0. The summed E-state index contributed by atoms with van der Waals surface area (Å²) in [6.07, 6.45) is 1.69. The Kier molecular flexibility index (Phi) is 7.54. The van der Waals surface area contributed by atoms with Crippen LogP contribution in [-0.2, 0) is 9.59 Å². The van der Waals surface area contributed by atoms with Crippen LogP contribution in [0.15, 0.2) is 0 Å². The van der Waals surface area contributed by atoms with E-state index >= 15 is 0 Å². The second-order valence-corrected chi connectivity index (χ2v) is 3.87. The molecular weight excluding hydrogens is 206 g/mol. The standard InChI is InChI=1S/C11H23N3O2/c1-4-6-9(7-12)11(16)14(3)8-10(15)13-5-2/h9H,4-8,12H2,1-3H3,(H,13,15). The van der Waals surface area contributed by atoms with E-state index in [9.17, 15) is 9.59 Å². The van der Waals surface area contributed by atoms with Gasteiger partial charge in [-0.2, -0.15) is 0 Å². The molecule has 0 bridgehead atoms. The molecule has 0 spiro atoms. The summed E-state index contributed by atoms with van der Waals surface area (Å²) in [7, 11) is 1.63. The average molecular weight is 229 g/mol. The number of hydrogen-bond donors (Lipinski definition) is 2. The Bertz CT molecular complexity index is 231. The molecule has 0 radical (unpaired) electrons. The quantitative estimate of drug-likeness (QED) is 0.643. The topological polar surface area (TPSA) is 75.4 Å². The second kappa shape index (κ2) is 8.10. The highest BCUT2D eigenvalue weighted by molar-refractivity contribution is 5.85. The number of amides is 2. The summed E-state index contributed by atoms with van der Waals surface area (Å²) in [5.41, 5.74) is 5.54. The molecule has 3 N–H and O–H groups in total. The van der Waals surface area contributed by atoms with Crippen molar-refractivity contribution in [2.45, 2.75) is 26.7 Å². The van der Waals surface area contributed by atoms with Crippen LogP contribution in [0.25, 0.3) is 0 Å². The van der Waals surface area contributed by atoms with Gasteiger partial charge in [-0.25, -0.2) is 0 Å². The SMILES string of the molecule is CCCC(CN)C(=O)N(C)CC(=O)NCC. The molecule has 0 aromatic heterocycles. The van der Waals surface area contributed by atoms with Crippen LogP contribution in [0.2, 0.25) is 0 Å². The molecule has 0 rings (SSSR count). The highest BCUT2D eigenvalue weighted by Gasteiger charge is 2.21. The van der Waals surface area contributed by atoms with Crippen LogP contribution in [0.3, 0.4) is 0 Å². The number of carbonyl (C=O) groups is 2. The van der Waals surface area contributed by atoms with Crippen LogP contribution >= 0.6 is 0 Å². The lowest BCUT2D eigenvalue weighted by Gasteiger charge is -2.22. The predicted octanol–water partition coefficient (Wildman–Crippen LogP) is -0.0441. The van der Waals surface area contributed by atoms with Crippen molar-refractivity contribution < 1.29 is 9.59 Å². The first-order valence-electron chi connectivity index (χ1n) is 5.78. The van der Waals surface area contributed by atoms with E-state index < -0.39 is 0 Å². The molecule has 16 heavy (non-hydrogen) atoms. The zero-order chi connectivity index (χ0) is 12.6. The summed E-state index contributed by atoms with van der Waals surface area (Å²) >= 11 is 0. The molecule has 5 heteroatoms. The molecule has 0 heterocycles. The van der Waals surface area contributed by atoms with Crippen molar-refractivity contribution in [3.05, 3.63) is 0 Å². The van der Waals surface area contributed by atoms with E-state index in [1.54, 1.807) is 7.05 Å². The van der Waals surface area contributed by atoms with Crippen molar-refractivity contribution in [2.75, 3.05) is 26.7 Å². The molecular formula is C11H23N3O2. The van der Waals surface area contributed by atoms with Gasteiger partial charge in [-0.3, -0.25) is 9.59 Å². The zero-order valence-corrected chi connectivity index (χ0v) is 10.5. The maximum atomic E-state index is 11.9. The fraction of sp³-hybridized carbons (Fsp3) is 0.818. The summed E-state index contributed by atoms with van der Waals surface area (Å²) in [6, 6.07) is 0. The fourth-order valence-electron chi connectivity index (χ4n) is 1.55. The highest BCUT2D eigenvalue weighted by Crippen LogP contribution is 2.07. The number of likely N-dealkylation sites (N-methyl/N-ethyl adjacent to an activating group) is 2. The maximum absolute atomic E-state index is 11.9. The van der Waals surface area contributed by atoms with Crippen molar-refractivity contribution in [1.82, 2.24) is 10.2 Å². The molecule has 94 valence electrons. The molecule has 1 unspecified atom stereocenters. The van der Waals surface area contributed by atoms with Crippen LogP contribution in [0.4, 0.5) is 0 Å². The fourth-order valence-corrected chi connectivity index (χ4v) is 1.55. The van der Waals surface area contributed by atoms with Gasteiger partial charge in [0.15, 0.2) is 0 Å². The van der Waals surface area contributed by atoms with E-state index in [0.29, 0.717) is 13.1 Å². The lowest BCUT2D eigenvalue weighted by Crippen LogP contribution is -2.42. The van der Waals surface area contributed by atoms with Crippen molar-refractivity contribution in [2.24, 2.45) is 11.7 Å². The number of nitrogens with one attached hydrogen (secondary N) is 1. The Hall–Kier alpha value is -1.10. The lowest BCUT2D eigenvalue weighted by molar-refractivity contribution is -0.138. The van der Waals surface area contributed by atoms with Crippen molar-refractivity contribution >= 4 is 11.8 Å². The number of nitrogens with two attached hydrogens (primary N) is 1. The minimum absolute atomic E-state index is 0.0457. The largest absolute Gasteiger partial charge is 0.355 e. The van der Waals surface area contributed by atoms with Gasteiger partial charge < -0.3 is 16.0 Å². The van der Waals surface area contributed by atoms with Crippen LogP contribution in [0.1, 0.15) is 26.7 Å². The molecule has 1 atom stereocenters. The maximum Gasteiger partial charge on any atom is 0.239 e. The monoisotopic (exact) mass is 229 g/mol. The van der Waals surface area contributed by atoms with E-state index in [-0.39, 0.29) is 24.3 Å². The molecule has 0 saturated heterocycles. The zero-order valence-electron chi connectivity index (χ0n) is 10.5. The van der Waals surface area contributed by atoms with Crippen LogP contribution in [0.5, 0.6) is 0 Å². The molecule has 0 aliphatic rings. The predicted molar refractivity (Wildman–Crippen MR) is 63.8 cm³/mol. The summed E-state index contributed by atoms with van der Waals surface area (Å²) < 4.78 is 0. The number of carbonyl (C=O) groups excluding carboxylic acids is 2. The smallest absolute Gasteiger partial charge is 0.239 e. The summed E-state index contributed by atoms with van der Waals surface area (Å²) in [4.78, 5) is 24.6. The van der Waals surface area contributed by atoms with Gasteiger partial charge in [0.1, 0.15) is 0 Å². The van der Waals surface area contributed by atoms with Crippen molar-refractivity contribution in [3.8, 4) is 0 Å². The van der Waals surface area contributed by atoms with E-state index in [2.05, 4.69) is 5.32 Å². The Labute approximate surface area is 97.4 Å². The third-order valence-electron chi connectivity index (χ3n) is 2.40. The van der Waals surface area contributed by atoms with Crippen LogP contribution in [-0.4, -0.2) is 43.4 Å². The van der Waals surface area contributed by atoms with Crippen LogP contribution in [0, 0.1) is 5.92 Å². The summed E-state index contributed by atoms with van der Waals surface area (Å²) in [5, 5.41) is 2.66. The molecule has 0 aliphatic heterocycles. The summed E-state index contributed by atoms with van der Waals surface area (Å²) in [5.74, 6) is -0.342. The molecule has 0 saturated carbocycles. The molecule has 0 aromatic carbocycles. The third-order valence-corrected chi connectivity index (χ3v) is 2.40. The first-order chi connectivity index (χ1) is 7.56. The van der Waals surface area contributed by atoms with Gasteiger partial charge in [0.05, 0.1) is 12.5 Å². The minimum Gasteiger partial charge on any atom is -0.355 e. The first-order valence-corrected chi connectivity index (χ1v) is 5.78. The average Bonchev–Trinajstić information content (AvgIpc) is 2.25. The second-order valence-electron chi connectivity index (χ2n) is 3.87. The first kappa shape index (κ1) is 14.9. The van der Waals surface area contributed by atoms with Crippen LogP contribution < -0.4 is 11.1 Å². The Morgan fingerprint density at radius 2 is 2.00 bits per heavy atom. The van der Waals surface area contributed by atoms with E-state index in [1.807, 2.05) is 13.8 Å². The van der Waals surface area contributed by atoms with Gasteiger partial charge in [-0.05, 0) is 13.3 Å². The van der Waals surface area contributed by atoms with E-state index in [0.717, 1.165) is 12.8 Å². The van der Waals surface area contributed by atoms with Gasteiger partial charge in [0.25, 0.3) is 0 Å². The Balaban J connectivity index is 4.19. The molecule has 2 amide bonds. The van der Waals surface area contributed by atoms with Gasteiger partial charge in [0, 0.05) is 20.1 Å². The number of nitrogens with zero attached hydrogens (tertiary/aromatic N) is 1. The van der Waals surface area contributed by atoms with Gasteiger partial charge in [-0.1, -0.05) is 13.3 Å².